The lowest BCUT2D eigenvalue weighted by Crippen LogP contribution is -2.37. The van der Waals surface area contributed by atoms with Crippen molar-refractivity contribution in [1.29, 1.82) is 0 Å². The van der Waals surface area contributed by atoms with Crippen molar-refractivity contribution in [3.63, 3.8) is 0 Å². The van der Waals surface area contributed by atoms with E-state index in [4.69, 9.17) is 0 Å². The molecule has 1 fully saturated rings. The molecule has 1 saturated heterocycles. The molecule has 1 amide bonds. The van der Waals surface area contributed by atoms with E-state index in [1.165, 1.54) is 0 Å². The zero-order chi connectivity index (χ0) is 15.5. The van der Waals surface area contributed by atoms with Crippen molar-refractivity contribution in [2.24, 2.45) is 0 Å². The number of hydrogen-bond acceptors (Lipinski definition) is 3. The van der Waals surface area contributed by atoms with Gasteiger partial charge in [0.05, 0.1) is 31.0 Å². The standard InChI is InChI=1S/C17H21N3O2/c1-13-16(17(22)19-9-5-8-15(19)12-21)10-18-20(13)11-14-6-3-2-4-7-14/h2-4,6-7,10,15,21H,5,8-9,11-12H2,1H3/t15-/m1/s1. The fourth-order valence-corrected chi connectivity index (χ4v) is 3.02. The number of aromatic nitrogens is 2. The quantitative estimate of drug-likeness (QED) is 0.937. The molecule has 5 nitrogen and oxygen atoms in total. The Hall–Kier alpha value is -2.14. The zero-order valence-corrected chi connectivity index (χ0v) is 12.8. The maximum atomic E-state index is 12.7. The summed E-state index contributed by atoms with van der Waals surface area (Å²) < 4.78 is 1.85. The van der Waals surface area contributed by atoms with Gasteiger partial charge in [0.2, 0.25) is 0 Å². The normalized spacial score (nSPS) is 17.9. The first kappa shape index (κ1) is 14.8. The molecule has 0 radical (unpaired) electrons. The third-order valence-electron chi connectivity index (χ3n) is 4.36. The van der Waals surface area contributed by atoms with Gasteiger partial charge >= 0.3 is 0 Å². The fraction of sp³-hybridized carbons (Fsp3) is 0.412. The summed E-state index contributed by atoms with van der Waals surface area (Å²) in [7, 11) is 0. The van der Waals surface area contributed by atoms with Crippen molar-refractivity contribution in [1.82, 2.24) is 14.7 Å². The maximum Gasteiger partial charge on any atom is 0.257 e. The maximum absolute atomic E-state index is 12.7. The molecule has 5 heteroatoms. The highest BCUT2D eigenvalue weighted by Crippen LogP contribution is 2.21. The Morgan fingerprint density at radius 3 is 2.86 bits per heavy atom. The second-order valence-electron chi connectivity index (χ2n) is 5.76. The van der Waals surface area contributed by atoms with Gasteiger partial charge in [-0.25, -0.2) is 0 Å². The summed E-state index contributed by atoms with van der Waals surface area (Å²) in [5.74, 6) is -0.0200. The molecule has 1 N–H and O–H groups in total. The third-order valence-corrected chi connectivity index (χ3v) is 4.36. The van der Waals surface area contributed by atoms with Crippen LogP contribution in [0, 0.1) is 6.92 Å². The van der Waals surface area contributed by atoms with Crippen molar-refractivity contribution in [2.45, 2.75) is 32.4 Å². The Balaban J connectivity index is 1.80. The summed E-state index contributed by atoms with van der Waals surface area (Å²) in [6, 6.07) is 10.0. The van der Waals surface area contributed by atoms with Gasteiger partial charge in [-0.3, -0.25) is 9.48 Å². The number of aliphatic hydroxyl groups excluding tert-OH is 1. The number of benzene rings is 1. The lowest BCUT2D eigenvalue weighted by Gasteiger charge is -2.22. The smallest absolute Gasteiger partial charge is 0.257 e. The van der Waals surface area contributed by atoms with Crippen molar-refractivity contribution in [2.75, 3.05) is 13.2 Å². The lowest BCUT2D eigenvalue weighted by atomic mass is 10.2. The molecule has 1 aromatic carbocycles. The molecule has 1 atom stereocenters. The van der Waals surface area contributed by atoms with Gasteiger partial charge in [-0.15, -0.1) is 0 Å². The van der Waals surface area contributed by atoms with Crippen molar-refractivity contribution >= 4 is 5.91 Å². The Morgan fingerprint density at radius 2 is 2.14 bits per heavy atom. The van der Waals surface area contributed by atoms with Gasteiger partial charge in [0, 0.05) is 12.2 Å². The Bertz CT molecular complexity index is 651. The van der Waals surface area contributed by atoms with E-state index in [2.05, 4.69) is 5.10 Å². The second-order valence-corrected chi connectivity index (χ2v) is 5.76. The second kappa shape index (κ2) is 6.32. The lowest BCUT2D eigenvalue weighted by molar-refractivity contribution is 0.0676. The van der Waals surface area contributed by atoms with Crippen LogP contribution >= 0.6 is 0 Å². The molecule has 0 spiro atoms. The molecule has 1 aliphatic heterocycles. The topological polar surface area (TPSA) is 58.4 Å². The Morgan fingerprint density at radius 1 is 1.36 bits per heavy atom. The largest absolute Gasteiger partial charge is 0.394 e. The number of nitrogens with zero attached hydrogens (tertiary/aromatic N) is 3. The molecule has 0 unspecified atom stereocenters. The van der Waals surface area contributed by atoms with E-state index in [-0.39, 0.29) is 18.6 Å². The number of likely N-dealkylation sites (tertiary alicyclic amines) is 1. The van der Waals surface area contributed by atoms with Gasteiger partial charge in [-0.05, 0) is 25.3 Å². The van der Waals surface area contributed by atoms with E-state index in [1.54, 1.807) is 11.1 Å². The number of amides is 1. The van der Waals surface area contributed by atoms with E-state index in [0.717, 1.165) is 24.1 Å². The molecule has 116 valence electrons. The number of rotatable bonds is 4. The van der Waals surface area contributed by atoms with Crippen LogP contribution in [0.1, 0.15) is 34.5 Å². The van der Waals surface area contributed by atoms with E-state index in [0.29, 0.717) is 18.7 Å². The van der Waals surface area contributed by atoms with Gasteiger partial charge in [0.15, 0.2) is 0 Å². The number of aliphatic hydroxyl groups is 1. The van der Waals surface area contributed by atoms with Crippen LogP contribution in [0.2, 0.25) is 0 Å². The van der Waals surface area contributed by atoms with Crippen LogP contribution in [0.25, 0.3) is 0 Å². The summed E-state index contributed by atoms with van der Waals surface area (Å²) in [5, 5.41) is 13.7. The fourth-order valence-electron chi connectivity index (χ4n) is 3.02. The van der Waals surface area contributed by atoms with Gasteiger partial charge in [-0.1, -0.05) is 30.3 Å². The molecule has 1 aliphatic rings. The van der Waals surface area contributed by atoms with E-state index in [1.807, 2.05) is 41.9 Å². The first-order chi connectivity index (χ1) is 10.7. The molecule has 2 heterocycles. The van der Waals surface area contributed by atoms with E-state index >= 15 is 0 Å². The molecular formula is C17H21N3O2. The molecule has 22 heavy (non-hydrogen) atoms. The number of carbonyl (C=O) groups is 1. The van der Waals surface area contributed by atoms with Crippen LogP contribution in [0.3, 0.4) is 0 Å². The molecule has 0 saturated carbocycles. The van der Waals surface area contributed by atoms with Crippen molar-refractivity contribution in [3.8, 4) is 0 Å². The Kier molecular flexibility index (Phi) is 4.24. The Labute approximate surface area is 130 Å². The first-order valence-corrected chi connectivity index (χ1v) is 7.69. The zero-order valence-electron chi connectivity index (χ0n) is 12.8. The summed E-state index contributed by atoms with van der Waals surface area (Å²) in [6.07, 6.45) is 3.47. The minimum Gasteiger partial charge on any atom is -0.394 e. The first-order valence-electron chi connectivity index (χ1n) is 7.69. The average molecular weight is 299 g/mol. The van der Waals surface area contributed by atoms with Crippen LogP contribution in [-0.2, 0) is 6.54 Å². The summed E-state index contributed by atoms with van der Waals surface area (Å²) in [5.41, 5.74) is 2.66. The SMILES string of the molecule is Cc1c(C(=O)N2CCC[C@@H]2CO)cnn1Cc1ccccc1. The highest BCUT2D eigenvalue weighted by Gasteiger charge is 2.30. The molecule has 3 rings (SSSR count). The molecule has 2 aromatic rings. The predicted octanol–water partition coefficient (Wildman–Crippen LogP) is 1.84. The van der Waals surface area contributed by atoms with Gasteiger partial charge < -0.3 is 10.0 Å². The van der Waals surface area contributed by atoms with Crippen LogP contribution in [0.4, 0.5) is 0 Å². The highest BCUT2D eigenvalue weighted by atomic mass is 16.3. The van der Waals surface area contributed by atoms with Crippen LogP contribution in [-0.4, -0.2) is 44.9 Å². The molecule has 0 aliphatic carbocycles. The minimum absolute atomic E-state index is 0.0200. The minimum atomic E-state index is -0.0515. The van der Waals surface area contributed by atoms with Crippen LogP contribution in [0.15, 0.2) is 36.5 Å². The number of carbonyl (C=O) groups excluding carboxylic acids is 1. The number of hydrogen-bond donors (Lipinski definition) is 1. The van der Waals surface area contributed by atoms with Crippen LogP contribution in [0.5, 0.6) is 0 Å². The van der Waals surface area contributed by atoms with Gasteiger partial charge in [0.25, 0.3) is 5.91 Å². The third kappa shape index (κ3) is 2.76. The van der Waals surface area contributed by atoms with E-state index in [9.17, 15) is 9.90 Å². The summed E-state index contributed by atoms with van der Waals surface area (Å²) in [4.78, 5) is 14.4. The predicted molar refractivity (Wildman–Crippen MR) is 83.7 cm³/mol. The summed E-state index contributed by atoms with van der Waals surface area (Å²) in [6.45, 7) is 3.33. The monoisotopic (exact) mass is 299 g/mol. The molecule has 1 aromatic heterocycles. The van der Waals surface area contributed by atoms with Gasteiger partial charge in [0.1, 0.15) is 0 Å². The van der Waals surface area contributed by atoms with E-state index < -0.39 is 0 Å². The van der Waals surface area contributed by atoms with Crippen LogP contribution < -0.4 is 0 Å². The average Bonchev–Trinajstić information content (AvgIpc) is 3.15. The molecular weight excluding hydrogens is 278 g/mol. The van der Waals surface area contributed by atoms with Crippen molar-refractivity contribution in [3.05, 3.63) is 53.3 Å². The highest BCUT2D eigenvalue weighted by molar-refractivity contribution is 5.95. The summed E-state index contributed by atoms with van der Waals surface area (Å²) >= 11 is 0. The molecule has 0 bridgehead atoms. The van der Waals surface area contributed by atoms with Gasteiger partial charge in [-0.2, -0.15) is 5.10 Å². The van der Waals surface area contributed by atoms with Crippen molar-refractivity contribution < 1.29 is 9.90 Å².